The Morgan fingerprint density at radius 2 is 1.79 bits per heavy atom. The summed E-state index contributed by atoms with van der Waals surface area (Å²) in [5.74, 6) is -1.25. The number of carbonyl (C=O) groups excluding carboxylic acids is 2. The molecule has 2 rings (SSSR count). The summed E-state index contributed by atoms with van der Waals surface area (Å²) in [7, 11) is 0. The molecular formula is C16H14F2N2O3S. The van der Waals surface area contributed by atoms with Crippen LogP contribution in [0.5, 0.6) is 5.75 Å². The molecule has 0 aliphatic rings. The first kappa shape index (κ1) is 17.7. The van der Waals surface area contributed by atoms with Crippen molar-refractivity contribution in [3.63, 3.8) is 0 Å². The first-order valence-corrected chi connectivity index (χ1v) is 7.81. The fraction of sp³-hybridized carbons (Fsp3) is 0.125. The maximum Gasteiger partial charge on any atom is 0.387 e. The van der Waals surface area contributed by atoms with Crippen LogP contribution < -0.4 is 15.8 Å². The normalized spacial score (nSPS) is 10.5. The highest BCUT2D eigenvalue weighted by Crippen LogP contribution is 2.28. The molecule has 2 amide bonds. The summed E-state index contributed by atoms with van der Waals surface area (Å²) < 4.78 is 29.2. The highest BCUT2D eigenvalue weighted by molar-refractivity contribution is 8.00. The Morgan fingerprint density at radius 1 is 1.12 bits per heavy atom. The van der Waals surface area contributed by atoms with Crippen LogP contribution in [0, 0.1) is 0 Å². The lowest BCUT2D eigenvalue weighted by molar-refractivity contribution is -0.115. The molecule has 3 N–H and O–H groups in total. The van der Waals surface area contributed by atoms with Gasteiger partial charge in [-0.2, -0.15) is 8.78 Å². The number of anilines is 1. The molecule has 2 aromatic rings. The topological polar surface area (TPSA) is 81.4 Å². The molecule has 24 heavy (non-hydrogen) atoms. The minimum absolute atomic E-state index is 0.0208. The lowest BCUT2D eigenvalue weighted by Gasteiger charge is -2.13. The summed E-state index contributed by atoms with van der Waals surface area (Å²) in [6.45, 7) is -3.03. The number of halogens is 2. The Kier molecular flexibility index (Phi) is 6.14. The number of hydrogen-bond donors (Lipinski definition) is 2. The van der Waals surface area contributed by atoms with Gasteiger partial charge >= 0.3 is 6.61 Å². The van der Waals surface area contributed by atoms with Crippen molar-refractivity contribution in [2.24, 2.45) is 5.73 Å². The van der Waals surface area contributed by atoms with Crippen LogP contribution in [0.4, 0.5) is 14.5 Å². The molecule has 0 aliphatic carbocycles. The van der Waals surface area contributed by atoms with Gasteiger partial charge in [0.1, 0.15) is 5.75 Å². The first-order chi connectivity index (χ1) is 11.5. The van der Waals surface area contributed by atoms with E-state index in [0.717, 1.165) is 0 Å². The van der Waals surface area contributed by atoms with Crippen LogP contribution in [-0.4, -0.2) is 24.2 Å². The van der Waals surface area contributed by atoms with E-state index in [1.165, 1.54) is 30.0 Å². The molecule has 0 aromatic heterocycles. The number of para-hydroxylation sites is 2. The van der Waals surface area contributed by atoms with E-state index in [0.29, 0.717) is 10.6 Å². The third-order valence-corrected chi connectivity index (χ3v) is 3.95. The van der Waals surface area contributed by atoms with Crippen LogP contribution in [0.2, 0.25) is 0 Å². The standard InChI is InChI=1S/C16H14F2N2O3S/c17-16(18)23-12-7-3-1-5-10(12)15(22)20-11-6-2-4-8-13(11)24-9-14(19)21/h1-8,16H,9H2,(H2,19,21)(H,20,22). The lowest BCUT2D eigenvalue weighted by Crippen LogP contribution is -2.16. The van der Waals surface area contributed by atoms with Crippen LogP contribution in [0.3, 0.4) is 0 Å². The van der Waals surface area contributed by atoms with Gasteiger partial charge in [-0.3, -0.25) is 9.59 Å². The summed E-state index contributed by atoms with van der Waals surface area (Å²) in [6, 6.07) is 12.5. The predicted molar refractivity (Wildman–Crippen MR) is 87.4 cm³/mol. The van der Waals surface area contributed by atoms with E-state index in [4.69, 9.17) is 5.73 Å². The second kappa shape index (κ2) is 8.30. The number of nitrogens with one attached hydrogen (secondary N) is 1. The summed E-state index contributed by atoms with van der Waals surface area (Å²) >= 11 is 1.17. The second-order valence-electron chi connectivity index (χ2n) is 4.58. The van der Waals surface area contributed by atoms with Gasteiger partial charge < -0.3 is 15.8 Å². The van der Waals surface area contributed by atoms with Crippen molar-refractivity contribution in [1.82, 2.24) is 0 Å². The molecular weight excluding hydrogens is 338 g/mol. The van der Waals surface area contributed by atoms with Crippen molar-refractivity contribution in [3.05, 3.63) is 54.1 Å². The van der Waals surface area contributed by atoms with Gasteiger partial charge in [-0.15, -0.1) is 11.8 Å². The first-order valence-electron chi connectivity index (χ1n) is 6.82. The zero-order valence-electron chi connectivity index (χ0n) is 12.4. The van der Waals surface area contributed by atoms with Crippen molar-refractivity contribution >= 4 is 29.3 Å². The van der Waals surface area contributed by atoms with Crippen LogP contribution in [0.1, 0.15) is 10.4 Å². The fourth-order valence-corrected chi connectivity index (χ4v) is 2.63. The summed E-state index contributed by atoms with van der Waals surface area (Å²) in [4.78, 5) is 23.9. The summed E-state index contributed by atoms with van der Waals surface area (Å²) in [6.07, 6.45) is 0. The molecule has 5 nitrogen and oxygen atoms in total. The Balaban J connectivity index is 2.20. The van der Waals surface area contributed by atoms with Crippen LogP contribution in [0.15, 0.2) is 53.4 Å². The average molecular weight is 352 g/mol. The number of hydrogen-bond acceptors (Lipinski definition) is 4. The smallest absolute Gasteiger partial charge is 0.387 e. The summed E-state index contributed by atoms with van der Waals surface area (Å²) in [5, 5.41) is 2.63. The molecule has 0 atom stereocenters. The number of alkyl halides is 2. The van der Waals surface area contributed by atoms with E-state index in [1.54, 1.807) is 30.3 Å². The van der Waals surface area contributed by atoms with Gasteiger partial charge in [0, 0.05) is 4.90 Å². The van der Waals surface area contributed by atoms with Crippen molar-refractivity contribution in [3.8, 4) is 5.75 Å². The number of ether oxygens (including phenoxy) is 1. The maximum absolute atomic E-state index is 12.4. The minimum Gasteiger partial charge on any atom is -0.434 e. The Hall–Kier alpha value is -2.61. The number of thioether (sulfide) groups is 1. The molecule has 0 bridgehead atoms. The van der Waals surface area contributed by atoms with E-state index in [9.17, 15) is 18.4 Å². The predicted octanol–water partition coefficient (Wildman–Crippen LogP) is 3.12. The van der Waals surface area contributed by atoms with Gasteiger partial charge in [-0.25, -0.2) is 0 Å². The molecule has 0 saturated heterocycles. The van der Waals surface area contributed by atoms with Crippen LogP contribution >= 0.6 is 11.8 Å². The molecule has 0 saturated carbocycles. The molecule has 0 radical (unpaired) electrons. The van der Waals surface area contributed by atoms with Gasteiger partial charge in [0.05, 0.1) is 17.0 Å². The fourth-order valence-electron chi connectivity index (χ4n) is 1.89. The number of benzene rings is 2. The molecule has 2 aromatic carbocycles. The van der Waals surface area contributed by atoms with E-state index < -0.39 is 18.4 Å². The zero-order valence-corrected chi connectivity index (χ0v) is 13.2. The van der Waals surface area contributed by atoms with E-state index >= 15 is 0 Å². The van der Waals surface area contributed by atoms with Gasteiger partial charge in [-0.1, -0.05) is 24.3 Å². The van der Waals surface area contributed by atoms with Gasteiger partial charge in [0.25, 0.3) is 5.91 Å². The number of rotatable bonds is 7. The van der Waals surface area contributed by atoms with E-state index in [-0.39, 0.29) is 17.1 Å². The molecule has 8 heteroatoms. The molecule has 0 fully saturated rings. The Labute approximate surface area is 141 Å². The van der Waals surface area contributed by atoms with E-state index in [1.807, 2.05) is 0 Å². The SMILES string of the molecule is NC(=O)CSc1ccccc1NC(=O)c1ccccc1OC(F)F. The third-order valence-electron chi connectivity index (χ3n) is 2.85. The van der Waals surface area contributed by atoms with Crippen molar-refractivity contribution in [2.45, 2.75) is 11.5 Å². The van der Waals surface area contributed by atoms with Crippen LogP contribution in [0.25, 0.3) is 0 Å². The number of nitrogens with two attached hydrogens (primary N) is 1. The number of amides is 2. The molecule has 126 valence electrons. The summed E-state index contributed by atoms with van der Waals surface area (Å²) in [5.41, 5.74) is 5.54. The Bertz CT molecular complexity index is 741. The molecule has 0 heterocycles. The second-order valence-corrected chi connectivity index (χ2v) is 5.60. The van der Waals surface area contributed by atoms with Crippen molar-refractivity contribution in [2.75, 3.05) is 11.1 Å². The highest BCUT2D eigenvalue weighted by Gasteiger charge is 2.16. The van der Waals surface area contributed by atoms with Crippen LogP contribution in [-0.2, 0) is 4.79 Å². The quantitative estimate of drug-likeness (QED) is 0.750. The van der Waals surface area contributed by atoms with E-state index in [2.05, 4.69) is 10.1 Å². The highest BCUT2D eigenvalue weighted by atomic mass is 32.2. The number of primary amides is 1. The zero-order chi connectivity index (χ0) is 17.5. The lowest BCUT2D eigenvalue weighted by atomic mass is 10.2. The monoisotopic (exact) mass is 352 g/mol. The molecule has 0 unspecified atom stereocenters. The molecule has 0 spiro atoms. The minimum atomic E-state index is -3.03. The van der Waals surface area contributed by atoms with Gasteiger partial charge in [0.15, 0.2) is 0 Å². The van der Waals surface area contributed by atoms with Crippen molar-refractivity contribution < 1.29 is 23.1 Å². The number of carbonyl (C=O) groups is 2. The van der Waals surface area contributed by atoms with Gasteiger partial charge in [-0.05, 0) is 24.3 Å². The van der Waals surface area contributed by atoms with Crippen molar-refractivity contribution in [1.29, 1.82) is 0 Å². The largest absolute Gasteiger partial charge is 0.434 e. The Morgan fingerprint density at radius 3 is 2.50 bits per heavy atom. The molecule has 0 aliphatic heterocycles. The maximum atomic E-state index is 12.4. The average Bonchev–Trinajstić information content (AvgIpc) is 2.54. The third kappa shape index (κ3) is 4.95. The van der Waals surface area contributed by atoms with Gasteiger partial charge in [0.2, 0.25) is 5.91 Å².